The zero-order valence-electron chi connectivity index (χ0n) is 28.4. The summed E-state index contributed by atoms with van der Waals surface area (Å²) in [4.78, 5) is 31.1. The molecule has 2 N–H and O–H groups in total. The average Bonchev–Trinajstić information content (AvgIpc) is 3.45. The number of alkyl halides is 3. The van der Waals surface area contributed by atoms with Crippen LogP contribution in [0.3, 0.4) is 0 Å². The van der Waals surface area contributed by atoms with Crippen LogP contribution >= 0.6 is 0 Å². The molecule has 4 atom stereocenters. The van der Waals surface area contributed by atoms with Crippen LogP contribution in [0.5, 0.6) is 5.88 Å². The minimum absolute atomic E-state index is 0.0316. The normalized spacial score (nSPS) is 19.8. The van der Waals surface area contributed by atoms with Crippen molar-refractivity contribution in [2.24, 2.45) is 0 Å². The van der Waals surface area contributed by atoms with Gasteiger partial charge in [-0.05, 0) is 88.1 Å². The zero-order valence-corrected chi connectivity index (χ0v) is 28.4. The molecule has 11 nitrogen and oxygen atoms in total. The summed E-state index contributed by atoms with van der Waals surface area (Å²) in [6, 6.07) is 3.09. The second-order valence-electron chi connectivity index (χ2n) is 14.7. The molecule has 0 bridgehead atoms. The number of carbonyl (C=O) groups excluding carboxylic acids is 2. The van der Waals surface area contributed by atoms with Gasteiger partial charge in [-0.2, -0.15) is 5.10 Å². The van der Waals surface area contributed by atoms with Gasteiger partial charge in [-0.1, -0.05) is 0 Å². The van der Waals surface area contributed by atoms with E-state index in [0.717, 1.165) is 0 Å². The Morgan fingerprint density at radius 1 is 1.07 bits per heavy atom. The monoisotopic (exact) mass is 655 g/mol. The first-order valence-electron chi connectivity index (χ1n) is 15.4. The van der Waals surface area contributed by atoms with Crippen molar-refractivity contribution < 1.29 is 42.1 Å². The van der Waals surface area contributed by atoms with Gasteiger partial charge in [0.1, 0.15) is 23.2 Å². The summed E-state index contributed by atoms with van der Waals surface area (Å²) in [7, 11) is 0. The smallest absolute Gasteiger partial charge is 0.420 e. The number of anilines is 2. The highest BCUT2D eigenvalue weighted by molar-refractivity contribution is 5.95. The Morgan fingerprint density at radius 2 is 1.70 bits per heavy atom. The molecule has 1 fully saturated rings. The first kappa shape index (κ1) is 36.9. The van der Waals surface area contributed by atoms with Crippen molar-refractivity contribution in [3.8, 4) is 5.88 Å². The van der Waals surface area contributed by atoms with Crippen LogP contribution in [0.2, 0.25) is 0 Å². The summed E-state index contributed by atoms with van der Waals surface area (Å²) < 4.78 is 62.0. The van der Waals surface area contributed by atoms with Crippen LogP contribution < -0.4 is 15.0 Å². The molecule has 2 aromatic heterocycles. The number of rotatable bonds is 9. The van der Waals surface area contributed by atoms with E-state index < -0.39 is 66.2 Å². The van der Waals surface area contributed by atoms with E-state index >= 15 is 0 Å². The molecular weight excluding hydrogens is 607 g/mol. The molecule has 0 spiro atoms. The predicted molar refractivity (Wildman–Crippen MR) is 167 cm³/mol. The lowest BCUT2D eigenvalue weighted by Gasteiger charge is -2.30. The fraction of sp³-hybridized carbons (Fsp3) is 0.688. The highest BCUT2D eigenvalue weighted by Crippen LogP contribution is 2.40. The summed E-state index contributed by atoms with van der Waals surface area (Å²) in [5.41, 5.74) is -1.57. The Bertz CT molecular complexity index is 1360. The van der Waals surface area contributed by atoms with E-state index in [1.54, 1.807) is 52.3 Å². The summed E-state index contributed by atoms with van der Waals surface area (Å²) in [5, 5.41) is 16.9. The molecule has 0 aliphatic heterocycles. The topological polar surface area (TPSA) is 128 Å². The van der Waals surface area contributed by atoms with Crippen LogP contribution in [0.25, 0.3) is 0 Å². The maximum Gasteiger partial charge on any atom is 0.420 e. The zero-order chi connectivity index (χ0) is 34.8. The molecule has 0 aromatic carbocycles. The second kappa shape index (κ2) is 13.7. The average molecular weight is 656 g/mol. The van der Waals surface area contributed by atoms with Gasteiger partial charge in [0, 0.05) is 30.7 Å². The van der Waals surface area contributed by atoms with Gasteiger partial charge in [-0.3, -0.25) is 0 Å². The van der Waals surface area contributed by atoms with Crippen molar-refractivity contribution in [1.82, 2.24) is 20.1 Å². The number of amides is 2. The molecular formula is C32H48F3N5O6. The fourth-order valence-electron chi connectivity index (χ4n) is 4.80. The molecule has 1 aliphatic carbocycles. The van der Waals surface area contributed by atoms with Crippen LogP contribution in [0, 0.1) is 0 Å². The van der Waals surface area contributed by atoms with Crippen molar-refractivity contribution in [2.75, 3.05) is 11.5 Å². The molecule has 2 aromatic rings. The first-order valence-corrected chi connectivity index (χ1v) is 15.4. The van der Waals surface area contributed by atoms with E-state index in [1.807, 2.05) is 20.8 Å². The van der Waals surface area contributed by atoms with Gasteiger partial charge >= 0.3 is 12.2 Å². The Hall–Kier alpha value is -3.55. The van der Waals surface area contributed by atoms with Crippen molar-refractivity contribution in [3.05, 3.63) is 30.1 Å². The Morgan fingerprint density at radius 3 is 2.24 bits per heavy atom. The maximum absolute atomic E-state index is 14.9. The van der Waals surface area contributed by atoms with Crippen LogP contribution in [-0.4, -0.2) is 74.1 Å². The number of hydrogen-bond acceptors (Lipinski definition) is 8. The van der Waals surface area contributed by atoms with Gasteiger partial charge < -0.3 is 24.6 Å². The molecule has 1 aliphatic rings. The van der Waals surface area contributed by atoms with Crippen LogP contribution in [0.15, 0.2) is 24.4 Å². The Kier molecular flexibility index (Phi) is 11.0. The third-order valence-corrected chi connectivity index (χ3v) is 7.05. The summed E-state index contributed by atoms with van der Waals surface area (Å²) in [5.74, 6) is -3.41. The minimum atomic E-state index is -3.33. The van der Waals surface area contributed by atoms with Crippen molar-refractivity contribution in [1.29, 1.82) is 0 Å². The standard InChI is InChI=1S/C32H48F3N5O6/c1-19(37-27(42)45-30(5,6)7)32(34,35)12-14-44-25-17-21(11-13-36-25)39(28(43)46-31(8,9)10)26-18-23(38-40(26)29(2,3)4)20-15-22(33)24(41)16-20/h11,13,17-20,22,24,41H,12,14-16H2,1-10H3,(H,37,42)/t19-,20-,22+,24-/m0/s1. The number of aliphatic hydroxyl groups excluding tert-OH is 1. The van der Waals surface area contributed by atoms with Gasteiger partial charge in [-0.15, -0.1) is 0 Å². The number of nitrogens with zero attached hydrogens (tertiary/aromatic N) is 4. The van der Waals surface area contributed by atoms with E-state index in [1.165, 1.54) is 30.2 Å². The Balaban J connectivity index is 1.89. The van der Waals surface area contributed by atoms with Crippen molar-refractivity contribution in [3.63, 3.8) is 0 Å². The fourth-order valence-corrected chi connectivity index (χ4v) is 4.80. The second-order valence-corrected chi connectivity index (χ2v) is 14.7. The number of halogens is 3. The molecule has 1 saturated carbocycles. The van der Waals surface area contributed by atoms with Gasteiger partial charge in [0.15, 0.2) is 0 Å². The molecule has 3 rings (SSSR count). The molecule has 0 radical (unpaired) electrons. The predicted octanol–water partition coefficient (Wildman–Crippen LogP) is 7.00. The number of pyridine rings is 1. The summed E-state index contributed by atoms with van der Waals surface area (Å²) in [6.07, 6.45) is -3.26. The number of alkyl carbamates (subject to hydrolysis) is 1. The molecule has 0 unspecified atom stereocenters. The molecule has 0 saturated heterocycles. The highest BCUT2D eigenvalue weighted by Gasteiger charge is 2.39. The molecule has 2 heterocycles. The van der Waals surface area contributed by atoms with E-state index in [-0.39, 0.29) is 30.3 Å². The van der Waals surface area contributed by atoms with Gasteiger partial charge in [0.2, 0.25) is 5.88 Å². The third kappa shape index (κ3) is 9.97. The van der Waals surface area contributed by atoms with Crippen LogP contribution in [0.4, 0.5) is 34.3 Å². The Labute approximate surface area is 268 Å². The van der Waals surface area contributed by atoms with Crippen LogP contribution in [0.1, 0.15) is 100 Å². The van der Waals surface area contributed by atoms with Crippen molar-refractivity contribution in [2.45, 2.75) is 135 Å². The number of nitrogens with one attached hydrogen (secondary N) is 1. The van der Waals surface area contributed by atoms with E-state index in [9.17, 15) is 27.9 Å². The van der Waals surface area contributed by atoms with Crippen molar-refractivity contribution >= 4 is 23.7 Å². The lowest BCUT2D eigenvalue weighted by atomic mass is 10.0. The van der Waals surface area contributed by atoms with E-state index in [2.05, 4.69) is 10.3 Å². The SMILES string of the molecule is C[C@H](NC(=O)OC(C)(C)C)C(F)(F)CCOc1cc(N(C(=O)OC(C)(C)C)c2cc([C@H]3C[C@@H](F)[C@@H](O)C3)nn2C(C)(C)C)ccn1. The maximum atomic E-state index is 14.9. The summed E-state index contributed by atoms with van der Waals surface area (Å²) >= 11 is 0. The molecule has 258 valence electrons. The molecule has 14 heteroatoms. The van der Waals surface area contributed by atoms with Gasteiger partial charge in [0.25, 0.3) is 5.92 Å². The van der Waals surface area contributed by atoms with E-state index in [0.29, 0.717) is 11.5 Å². The number of carbonyl (C=O) groups is 2. The quantitative estimate of drug-likeness (QED) is 0.296. The number of aliphatic hydroxyl groups is 1. The number of ether oxygens (including phenoxy) is 3. The number of aromatic nitrogens is 3. The first-order chi connectivity index (χ1) is 21.0. The van der Waals surface area contributed by atoms with Gasteiger partial charge in [-0.25, -0.2) is 37.3 Å². The van der Waals surface area contributed by atoms with Crippen LogP contribution in [-0.2, 0) is 15.0 Å². The largest absolute Gasteiger partial charge is 0.477 e. The van der Waals surface area contributed by atoms with E-state index in [4.69, 9.17) is 19.3 Å². The van der Waals surface area contributed by atoms with Gasteiger partial charge in [0.05, 0.1) is 35.7 Å². The molecule has 2 amide bonds. The lowest BCUT2D eigenvalue weighted by Crippen LogP contribution is -2.47. The minimum Gasteiger partial charge on any atom is -0.477 e. The summed E-state index contributed by atoms with van der Waals surface area (Å²) in [6.45, 7) is 16.4. The third-order valence-electron chi connectivity index (χ3n) is 7.05. The molecule has 46 heavy (non-hydrogen) atoms. The highest BCUT2D eigenvalue weighted by atomic mass is 19.3. The lowest BCUT2D eigenvalue weighted by molar-refractivity contribution is -0.0505. The number of hydrogen-bond donors (Lipinski definition) is 2.